The van der Waals surface area contributed by atoms with E-state index in [0.29, 0.717) is 34.1 Å². The van der Waals surface area contributed by atoms with Crippen molar-refractivity contribution in [2.75, 3.05) is 14.2 Å². The van der Waals surface area contributed by atoms with Crippen molar-refractivity contribution in [3.8, 4) is 22.6 Å². The fourth-order valence-corrected chi connectivity index (χ4v) is 4.68. The molecule has 6 nitrogen and oxygen atoms in total. The maximum atomic E-state index is 15.2. The van der Waals surface area contributed by atoms with Gasteiger partial charge in [-0.05, 0) is 54.3 Å². The smallest absolute Gasteiger partial charge is 0.326 e. The highest BCUT2D eigenvalue weighted by Gasteiger charge is 2.42. The number of amides is 1. The minimum atomic E-state index is -1.11. The first-order chi connectivity index (χ1) is 16.3. The average Bonchev–Trinajstić information content (AvgIpc) is 3.28. The van der Waals surface area contributed by atoms with Crippen LogP contribution in [0.2, 0.25) is 5.02 Å². The van der Waals surface area contributed by atoms with Gasteiger partial charge in [0, 0.05) is 16.1 Å². The van der Waals surface area contributed by atoms with E-state index < -0.39 is 29.8 Å². The van der Waals surface area contributed by atoms with Crippen molar-refractivity contribution in [1.29, 1.82) is 0 Å². The van der Waals surface area contributed by atoms with Crippen LogP contribution in [0.5, 0.6) is 11.5 Å². The molecule has 4 rings (SSSR count). The van der Waals surface area contributed by atoms with Crippen LogP contribution in [0.15, 0.2) is 60.7 Å². The first kappa shape index (κ1) is 23.6. The minimum Gasteiger partial charge on any atom is -0.493 e. The number of methoxy groups -OCH3 is 2. The molecular weight excluding hydrogens is 461 g/mol. The van der Waals surface area contributed by atoms with E-state index in [4.69, 9.17) is 21.1 Å². The number of carboxylic acids is 1. The molecule has 0 unspecified atom stereocenters. The van der Waals surface area contributed by atoms with Gasteiger partial charge in [0.25, 0.3) is 5.91 Å². The number of nitrogens with zero attached hydrogens (tertiary/aromatic N) is 1. The lowest BCUT2D eigenvalue weighted by atomic mass is 10.0. The van der Waals surface area contributed by atoms with Crippen molar-refractivity contribution < 1.29 is 28.6 Å². The predicted octanol–water partition coefficient (Wildman–Crippen LogP) is 5.59. The molecule has 1 aliphatic rings. The lowest BCUT2D eigenvalue weighted by Gasteiger charge is -2.29. The van der Waals surface area contributed by atoms with E-state index in [-0.39, 0.29) is 17.5 Å². The van der Waals surface area contributed by atoms with E-state index >= 15 is 4.39 Å². The Bertz CT molecular complexity index is 1250. The monoisotopic (exact) mass is 483 g/mol. The molecule has 1 fully saturated rings. The van der Waals surface area contributed by atoms with Gasteiger partial charge >= 0.3 is 5.97 Å². The van der Waals surface area contributed by atoms with Crippen LogP contribution < -0.4 is 9.47 Å². The molecule has 0 aromatic heterocycles. The summed E-state index contributed by atoms with van der Waals surface area (Å²) in [7, 11) is 3.00. The van der Waals surface area contributed by atoms with Crippen molar-refractivity contribution in [1.82, 2.24) is 4.90 Å². The molecule has 0 aliphatic carbocycles. The predicted molar refractivity (Wildman–Crippen MR) is 126 cm³/mol. The van der Waals surface area contributed by atoms with Gasteiger partial charge < -0.3 is 19.5 Å². The molecule has 1 amide bonds. The number of carbonyl (C=O) groups is 2. The van der Waals surface area contributed by atoms with Crippen molar-refractivity contribution >= 4 is 23.5 Å². The summed E-state index contributed by atoms with van der Waals surface area (Å²) >= 11 is 6.34. The number of ether oxygens (including phenoxy) is 2. The van der Waals surface area contributed by atoms with Gasteiger partial charge in [-0.25, -0.2) is 9.18 Å². The standard InChI is InChI=1S/C26H23ClFNO5/c1-33-23-12-8-15(14-24(23)34-2)17-9-7-16(13-20(17)28)25(30)29-21(10-11-22(29)26(31)32)18-5-3-4-6-19(18)27/h3-9,12-14,21-22H,10-11H2,1-2H3,(H,31,32)/t21-,22+/m1/s1. The lowest BCUT2D eigenvalue weighted by molar-refractivity contribution is -0.141. The number of rotatable bonds is 6. The summed E-state index contributed by atoms with van der Waals surface area (Å²) in [4.78, 5) is 26.7. The minimum absolute atomic E-state index is 0.0620. The van der Waals surface area contributed by atoms with Gasteiger partial charge in [-0.3, -0.25) is 4.79 Å². The number of likely N-dealkylation sites (tertiary alicyclic amines) is 1. The Morgan fingerprint density at radius 3 is 2.38 bits per heavy atom. The van der Waals surface area contributed by atoms with Crippen LogP contribution in [0, 0.1) is 5.82 Å². The molecule has 0 bridgehead atoms. The molecule has 3 aromatic rings. The fraction of sp³-hybridized carbons (Fsp3) is 0.231. The zero-order valence-corrected chi connectivity index (χ0v) is 19.4. The van der Waals surface area contributed by atoms with E-state index in [0.717, 1.165) is 6.07 Å². The highest BCUT2D eigenvalue weighted by Crippen LogP contribution is 2.40. The Kier molecular flexibility index (Phi) is 6.75. The Morgan fingerprint density at radius 2 is 1.74 bits per heavy atom. The maximum absolute atomic E-state index is 15.2. The third kappa shape index (κ3) is 4.31. The van der Waals surface area contributed by atoms with E-state index in [1.807, 2.05) is 0 Å². The van der Waals surface area contributed by atoms with Crippen molar-refractivity contribution in [2.24, 2.45) is 0 Å². The van der Waals surface area contributed by atoms with Crippen molar-refractivity contribution in [3.63, 3.8) is 0 Å². The van der Waals surface area contributed by atoms with Gasteiger partial charge in [-0.15, -0.1) is 0 Å². The molecule has 1 saturated heterocycles. The van der Waals surface area contributed by atoms with Gasteiger partial charge in [-0.1, -0.05) is 41.9 Å². The summed E-state index contributed by atoms with van der Waals surface area (Å²) in [5.74, 6) is -1.32. The number of aliphatic carboxylic acids is 1. The van der Waals surface area contributed by atoms with Gasteiger partial charge in [-0.2, -0.15) is 0 Å². The molecule has 2 atom stereocenters. The number of hydrogen-bond acceptors (Lipinski definition) is 4. The summed E-state index contributed by atoms with van der Waals surface area (Å²) in [6.07, 6.45) is 0.724. The molecule has 1 N–H and O–H groups in total. The summed E-state index contributed by atoms with van der Waals surface area (Å²) < 4.78 is 25.7. The Hall–Kier alpha value is -3.58. The van der Waals surface area contributed by atoms with Gasteiger partial charge in [0.15, 0.2) is 11.5 Å². The van der Waals surface area contributed by atoms with Crippen LogP contribution in [0.4, 0.5) is 4.39 Å². The fourth-order valence-electron chi connectivity index (χ4n) is 4.42. The van der Waals surface area contributed by atoms with Gasteiger partial charge in [0.2, 0.25) is 0 Å². The Morgan fingerprint density at radius 1 is 1.00 bits per heavy atom. The van der Waals surface area contributed by atoms with E-state index in [1.54, 1.807) is 42.5 Å². The van der Waals surface area contributed by atoms with Gasteiger partial charge in [0.1, 0.15) is 11.9 Å². The second-order valence-electron chi connectivity index (χ2n) is 7.95. The van der Waals surface area contributed by atoms with E-state index in [9.17, 15) is 14.7 Å². The highest BCUT2D eigenvalue weighted by molar-refractivity contribution is 6.31. The van der Waals surface area contributed by atoms with Crippen LogP contribution in [0.25, 0.3) is 11.1 Å². The zero-order valence-electron chi connectivity index (χ0n) is 18.6. The molecule has 0 saturated carbocycles. The molecule has 1 aliphatic heterocycles. The second-order valence-corrected chi connectivity index (χ2v) is 8.35. The van der Waals surface area contributed by atoms with E-state index in [2.05, 4.69) is 0 Å². The average molecular weight is 484 g/mol. The van der Waals surface area contributed by atoms with Crippen LogP contribution in [-0.2, 0) is 4.79 Å². The van der Waals surface area contributed by atoms with Crippen LogP contribution in [0.3, 0.4) is 0 Å². The third-order valence-electron chi connectivity index (χ3n) is 6.08. The van der Waals surface area contributed by atoms with Crippen molar-refractivity contribution in [2.45, 2.75) is 24.9 Å². The molecule has 0 radical (unpaired) electrons. The quantitative estimate of drug-likeness (QED) is 0.494. The molecule has 1 heterocycles. The first-order valence-electron chi connectivity index (χ1n) is 10.7. The molecule has 8 heteroatoms. The third-order valence-corrected chi connectivity index (χ3v) is 6.42. The van der Waals surface area contributed by atoms with Gasteiger partial charge in [0.05, 0.1) is 20.3 Å². The molecular formula is C26H23ClFNO5. The molecule has 3 aromatic carbocycles. The van der Waals surface area contributed by atoms with E-state index in [1.165, 1.54) is 31.3 Å². The molecule has 34 heavy (non-hydrogen) atoms. The van der Waals surface area contributed by atoms with Crippen LogP contribution >= 0.6 is 11.6 Å². The number of carbonyl (C=O) groups excluding carboxylic acids is 1. The topological polar surface area (TPSA) is 76.1 Å². The summed E-state index contributed by atoms with van der Waals surface area (Å²) in [6.45, 7) is 0. The normalized spacial score (nSPS) is 17.5. The molecule has 0 spiro atoms. The Balaban J connectivity index is 1.69. The van der Waals surface area contributed by atoms with Crippen molar-refractivity contribution in [3.05, 3.63) is 82.6 Å². The SMILES string of the molecule is COc1ccc(-c2ccc(C(=O)N3[C@@H](c4ccccc4Cl)CC[C@H]3C(=O)O)cc2F)cc1OC. The summed E-state index contributed by atoms with van der Waals surface area (Å²) in [5.41, 5.74) is 1.56. The zero-order chi connectivity index (χ0) is 24.4. The number of carboxylic acid groups (broad SMARTS) is 1. The number of hydrogen-bond donors (Lipinski definition) is 1. The summed E-state index contributed by atoms with van der Waals surface area (Å²) in [6, 6.07) is 14.6. The molecule has 176 valence electrons. The second kappa shape index (κ2) is 9.73. The lowest BCUT2D eigenvalue weighted by Crippen LogP contribution is -2.42. The van der Waals surface area contributed by atoms with Crippen LogP contribution in [-0.4, -0.2) is 42.1 Å². The first-order valence-corrected chi connectivity index (χ1v) is 11.0. The number of halogens is 2. The number of benzene rings is 3. The summed E-state index contributed by atoms with van der Waals surface area (Å²) in [5, 5.41) is 10.2. The Labute approximate surface area is 201 Å². The maximum Gasteiger partial charge on any atom is 0.326 e. The highest BCUT2D eigenvalue weighted by atomic mass is 35.5. The van der Waals surface area contributed by atoms with Crippen LogP contribution in [0.1, 0.15) is 34.8 Å². The largest absolute Gasteiger partial charge is 0.493 e.